The number of hydrogen-bond acceptors (Lipinski definition) is 11. The van der Waals surface area contributed by atoms with Crippen molar-refractivity contribution in [2.24, 2.45) is 16.2 Å². The standard InChI is InChI=1S/C46H54ClN7O7S/c1-43(2)12-8-32(37(23-43)45-26-46(47,27-45)28-45)25-51-14-16-53(17-15-51)33-4-6-36(40(21-33)61-34-20-31-9-13-48-41(31)49-24-34)42(55)50-62(58,59)35-5-7-39(38(22-35)54(56)57)60-19-18-52-29-44(30-52)10-3-11-44/h4-7,9,13,20-22,24H,3,8,10-12,14-19,23,25-30H2,1-2H3,(H,48,49)(H,50,55). The third kappa shape index (κ3) is 7.83. The molecule has 11 rings (SSSR count). The third-order valence-corrected chi connectivity index (χ3v) is 16.3. The van der Waals surface area contributed by atoms with Gasteiger partial charge < -0.3 is 19.4 Å². The fourth-order valence-corrected chi connectivity index (χ4v) is 12.8. The van der Waals surface area contributed by atoms with Gasteiger partial charge in [-0.3, -0.25) is 24.7 Å². The number of carbonyl (C=O) groups excluding carboxylic acids is 1. The molecule has 1 spiro atoms. The molecule has 6 fully saturated rings. The largest absolute Gasteiger partial charge is 0.485 e. The molecule has 2 N–H and O–H groups in total. The van der Waals surface area contributed by atoms with Crippen molar-refractivity contribution in [1.29, 1.82) is 0 Å². The molecule has 0 unspecified atom stereocenters. The van der Waals surface area contributed by atoms with Crippen molar-refractivity contribution >= 4 is 49.9 Å². The molecule has 62 heavy (non-hydrogen) atoms. The lowest BCUT2D eigenvalue weighted by Crippen LogP contribution is -2.65. The Morgan fingerprint density at radius 2 is 1.76 bits per heavy atom. The molecule has 2 bridgehead atoms. The number of benzene rings is 2. The molecular weight excluding hydrogens is 830 g/mol. The number of carbonyl (C=O) groups is 1. The maximum atomic E-state index is 13.9. The van der Waals surface area contributed by atoms with E-state index >= 15 is 0 Å². The molecule has 4 aromatic rings. The van der Waals surface area contributed by atoms with Crippen LogP contribution in [-0.4, -0.2) is 103 Å². The zero-order valence-electron chi connectivity index (χ0n) is 35.4. The number of allylic oxidation sites excluding steroid dienone is 1. The van der Waals surface area contributed by atoms with Gasteiger partial charge in [0.15, 0.2) is 5.75 Å². The number of nitro groups is 1. The van der Waals surface area contributed by atoms with Gasteiger partial charge >= 0.3 is 5.69 Å². The van der Waals surface area contributed by atoms with E-state index in [4.69, 9.17) is 21.1 Å². The number of pyridine rings is 1. The van der Waals surface area contributed by atoms with Crippen molar-refractivity contribution in [3.63, 3.8) is 0 Å². The number of hydrogen-bond donors (Lipinski definition) is 2. The Bertz CT molecular complexity index is 2570. The van der Waals surface area contributed by atoms with Crippen molar-refractivity contribution < 1.29 is 27.6 Å². The third-order valence-electron chi connectivity index (χ3n) is 14.6. The van der Waals surface area contributed by atoms with Crippen LogP contribution in [0.3, 0.4) is 0 Å². The summed E-state index contributed by atoms with van der Waals surface area (Å²) in [5.74, 6) is -0.474. The zero-order valence-corrected chi connectivity index (χ0v) is 37.0. The van der Waals surface area contributed by atoms with Gasteiger partial charge in [0.25, 0.3) is 15.9 Å². The van der Waals surface area contributed by atoms with Gasteiger partial charge in [-0.1, -0.05) is 31.4 Å². The molecule has 2 aliphatic heterocycles. The van der Waals surface area contributed by atoms with E-state index < -0.39 is 31.4 Å². The van der Waals surface area contributed by atoms with Crippen molar-refractivity contribution in [2.75, 3.05) is 63.9 Å². The molecule has 16 heteroatoms. The van der Waals surface area contributed by atoms with E-state index in [0.29, 0.717) is 34.2 Å². The zero-order chi connectivity index (χ0) is 43.1. The van der Waals surface area contributed by atoms with Crippen LogP contribution in [0, 0.1) is 26.4 Å². The van der Waals surface area contributed by atoms with E-state index in [-0.39, 0.29) is 28.5 Å². The van der Waals surface area contributed by atoms with E-state index in [0.717, 1.165) is 95.1 Å². The minimum absolute atomic E-state index is 0.0266. The summed E-state index contributed by atoms with van der Waals surface area (Å²) in [6.07, 6.45) is 13.9. The molecule has 4 heterocycles. The maximum Gasteiger partial charge on any atom is 0.312 e. The van der Waals surface area contributed by atoms with E-state index in [1.807, 2.05) is 6.07 Å². The Morgan fingerprint density at radius 1 is 0.984 bits per heavy atom. The highest BCUT2D eigenvalue weighted by molar-refractivity contribution is 7.90. The van der Waals surface area contributed by atoms with Crippen molar-refractivity contribution in [2.45, 2.75) is 81.4 Å². The molecule has 0 radical (unpaired) electrons. The number of alkyl halides is 1. The summed E-state index contributed by atoms with van der Waals surface area (Å²) in [4.78, 5) is 39.5. The number of rotatable bonds is 14. The van der Waals surface area contributed by atoms with Crippen LogP contribution in [0.5, 0.6) is 17.2 Å². The van der Waals surface area contributed by atoms with E-state index in [2.05, 4.69) is 43.2 Å². The van der Waals surface area contributed by atoms with Gasteiger partial charge in [-0.05, 0) is 104 Å². The summed E-state index contributed by atoms with van der Waals surface area (Å²) in [5, 5.41) is 12.9. The molecule has 1 amide bonds. The van der Waals surface area contributed by atoms with Crippen molar-refractivity contribution in [3.8, 4) is 17.2 Å². The number of piperazine rings is 1. The van der Waals surface area contributed by atoms with E-state index in [1.54, 1.807) is 41.6 Å². The Morgan fingerprint density at radius 3 is 2.47 bits per heavy atom. The fraction of sp³-hybridized carbons (Fsp3) is 0.522. The summed E-state index contributed by atoms with van der Waals surface area (Å²) < 4.78 is 41.6. The Hall–Kier alpha value is -4.70. The Labute approximate surface area is 367 Å². The number of ether oxygens (including phenoxy) is 2. The average molecular weight is 884 g/mol. The van der Waals surface area contributed by atoms with Gasteiger partial charge in [0.05, 0.1) is 21.6 Å². The highest BCUT2D eigenvalue weighted by Gasteiger charge is 2.69. The second-order valence-corrected chi connectivity index (χ2v) is 22.2. The maximum absolute atomic E-state index is 13.9. The van der Waals surface area contributed by atoms with Crippen LogP contribution in [0.4, 0.5) is 11.4 Å². The van der Waals surface area contributed by atoms with Crippen LogP contribution >= 0.6 is 11.6 Å². The molecule has 7 aliphatic rings. The first-order valence-electron chi connectivity index (χ1n) is 21.9. The number of nitrogens with one attached hydrogen (secondary N) is 2. The number of sulfonamides is 1. The number of amides is 1. The van der Waals surface area contributed by atoms with E-state index in [1.165, 1.54) is 44.0 Å². The number of nitrogens with zero attached hydrogens (tertiary/aromatic N) is 5. The molecule has 328 valence electrons. The minimum Gasteiger partial charge on any atom is -0.485 e. The number of halogens is 1. The monoisotopic (exact) mass is 883 g/mol. The Kier molecular flexibility index (Phi) is 10.2. The summed E-state index contributed by atoms with van der Waals surface area (Å²) in [6.45, 7) is 11.9. The first-order valence-corrected chi connectivity index (χ1v) is 23.8. The minimum atomic E-state index is -4.56. The summed E-state index contributed by atoms with van der Waals surface area (Å²) in [7, 11) is -4.56. The number of aromatic amines is 1. The predicted molar refractivity (Wildman–Crippen MR) is 237 cm³/mol. The molecular formula is C46H54ClN7O7S. The van der Waals surface area contributed by atoms with Crippen molar-refractivity contribution in [3.05, 3.63) is 87.7 Å². The lowest BCUT2D eigenvalue weighted by atomic mass is 9.39. The lowest BCUT2D eigenvalue weighted by molar-refractivity contribution is -0.386. The first kappa shape index (κ1) is 41.3. The second kappa shape index (κ2) is 15.2. The van der Waals surface area contributed by atoms with Crippen LogP contribution < -0.4 is 19.1 Å². The normalized spacial score (nSPS) is 25.4. The topological polar surface area (TPSA) is 163 Å². The van der Waals surface area contributed by atoms with Crippen LogP contribution in [0.1, 0.15) is 82.0 Å². The van der Waals surface area contributed by atoms with Gasteiger partial charge in [0.1, 0.15) is 23.8 Å². The molecule has 14 nitrogen and oxygen atoms in total. The number of fused-ring (bicyclic) bond motifs is 1. The Balaban J connectivity index is 0.840. The van der Waals surface area contributed by atoms with Crippen LogP contribution in [-0.2, 0) is 10.0 Å². The smallest absolute Gasteiger partial charge is 0.312 e. The second-order valence-electron chi connectivity index (χ2n) is 19.8. The molecule has 2 saturated heterocycles. The van der Waals surface area contributed by atoms with Crippen LogP contribution in [0.15, 0.2) is 77.0 Å². The highest BCUT2D eigenvalue weighted by atomic mass is 35.5. The van der Waals surface area contributed by atoms with Gasteiger partial charge in [0, 0.05) is 86.6 Å². The molecule has 5 aliphatic carbocycles. The summed E-state index contributed by atoms with van der Waals surface area (Å²) in [6, 6.07) is 12.2. The van der Waals surface area contributed by atoms with Crippen LogP contribution in [0.25, 0.3) is 11.0 Å². The molecule has 2 aromatic heterocycles. The molecule has 2 aromatic carbocycles. The number of aromatic nitrogens is 2. The quantitative estimate of drug-likeness (QED) is 0.0546. The number of nitro benzene ring substituents is 1. The van der Waals surface area contributed by atoms with Gasteiger partial charge in [-0.15, -0.1) is 11.6 Å². The lowest BCUT2D eigenvalue weighted by Gasteiger charge is -2.70. The van der Waals surface area contributed by atoms with Gasteiger partial charge in [-0.25, -0.2) is 18.1 Å². The van der Waals surface area contributed by atoms with Gasteiger partial charge in [0.2, 0.25) is 0 Å². The highest BCUT2D eigenvalue weighted by Crippen LogP contribution is 2.75. The van der Waals surface area contributed by atoms with Crippen molar-refractivity contribution in [1.82, 2.24) is 24.5 Å². The van der Waals surface area contributed by atoms with Crippen LogP contribution in [0.2, 0.25) is 0 Å². The number of anilines is 1. The fourth-order valence-electron chi connectivity index (χ4n) is 11.1. The molecule has 0 atom stereocenters. The van der Waals surface area contributed by atoms with E-state index in [9.17, 15) is 23.3 Å². The average Bonchev–Trinajstić information content (AvgIpc) is 3.65. The summed E-state index contributed by atoms with van der Waals surface area (Å²) in [5.41, 5.74) is 5.36. The predicted octanol–water partition coefficient (Wildman–Crippen LogP) is 8.04. The number of likely N-dealkylation sites (tertiary alicyclic amines) is 1. The van der Waals surface area contributed by atoms with Gasteiger partial charge in [-0.2, -0.15) is 0 Å². The number of H-pyrrole nitrogens is 1. The molecule has 4 saturated carbocycles. The first-order chi connectivity index (χ1) is 29.6. The SMILES string of the molecule is CC1(C)CCC(CN2CCN(c3ccc(C(=O)NS(=O)(=O)c4ccc(OCCN5CC6(CCC6)C5)c([N+](=O)[O-])c4)c(Oc4cnc5[nH]ccc5c4)c3)CC2)=C(C23CC(Cl)(C2)C3)C1. The summed E-state index contributed by atoms with van der Waals surface area (Å²) >= 11 is 6.75.